The number of amides is 1. The first-order valence-electron chi connectivity index (χ1n) is 9.61. The van der Waals surface area contributed by atoms with E-state index in [4.69, 9.17) is 5.14 Å². The van der Waals surface area contributed by atoms with Crippen molar-refractivity contribution < 1.29 is 21.6 Å². The average molecular weight is 474 g/mol. The van der Waals surface area contributed by atoms with E-state index in [1.165, 1.54) is 36.4 Å². The lowest BCUT2D eigenvalue weighted by atomic mass is 10.1. The highest BCUT2D eigenvalue weighted by molar-refractivity contribution is 7.89. The first kappa shape index (κ1) is 23.6. The number of anilines is 1. The lowest BCUT2D eigenvalue weighted by Crippen LogP contribution is -2.45. The van der Waals surface area contributed by atoms with E-state index in [0.717, 1.165) is 11.1 Å². The molecule has 0 spiro atoms. The Bertz CT molecular complexity index is 1290. The highest BCUT2D eigenvalue weighted by Gasteiger charge is 2.26. The van der Waals surface area contributed by atoms with Crippen molar-refractivity contribution in [2.75, 3.05) is 5.32 Å². The Labute approximate surface area is 187 Å². The third kappa shape index (κ3) is 6.24. The Morgan fingerprint density at radius 3 is 1.97 bits per heavy atom. The molecule has 0 fully saturated rings. The molecule has 0 aliphatic carbocycles. The van der Waals surface area contributed by atoms with Crippen molar-refractivity contribution >= 4 is 31.6 Å². The molecule has 32 heavy (non-hydrogen) atoms. The van der Waals surface area contributed by atoms with Crippen LogP contribution in [0.1, 0.15) is 11.1 Å². The number of carbonyl (C=O) groups is 1. The summed E-state index contributed by atoms with van der Waals surface area (Å²) >= 11 is 0. The van der Waals surface area contributed by atoms with Crippen LogP contribution >= 0.6 is 0 Å². The normalized spacial score (nSPS) is 12.8. The molecule has 10 heteroatoms. The first-order valence-corrected chi connectivity index (χ1v) is 12.6. The van der Waals surface area contributed by atoms with Gasteiger partial charge in [-0.15, -0.1) is 0 Å². The maximum Gasteiger partial charge on any atom is 0.242 e. The van der Waals surface area contributed by atoms with Crippen molar-refractivity contribution in [3.05, 3.63) is 90.0 Å². The molecule has 0 saturated carbocycles. The van der Waals surface area contributed by atoms with Gasteiger partial charge in [-0.3, -0.25) is 4.79 Å². The molecule has 0 bridgehead atoms. The van der Waals surface area contributed by atoms with Gasteiger partial charge in [0.25, 0.3) is 0 Å². The van der Waals surface area contributed by atoms with E-state index < -0.39 is 32.0 Å². The second-order valence-electron chi connectivity index (χ2n) is 7.24. The smallest absolute Gasteiger partial charge is 0.242 e. The Hall–Kier alpha value is -3.05. The molecule has 4 N–H and O–H groups in total. The van der Waals surface area contributed by atoms with Crippen molar-refractivity contribution in [3.8, 4) is 0 Å². The molecular weight excluding hydrogens is 450 g/mol. The van der Waals surface area contributed by atoms with Gasteiger partial charge in [0, 0.05) is 5.69 Å². The van der Waals surface area contributed by atoms with Crippen LogP contribution in [0.4, 0.5) is 5.69 Å². The predicted molar refractivity (Wildman–Crippen MR) is 122 cm³/mol. The molecule has 168 valence electrons. The summed E-state index contributed by atoms with van der Waals surface area (Å²) in [5.41, 5.74) is 1.98. The molecule has 0 saturated heterocycles. The molecule has 3 rings (SSSR count). The maximum atomic E-state index is 13.0. The van der Waals surface area contributed by atoms with Crippen LogP contribution in [0.2, 0.25) is 0 Å². The summed E-state index contributed by atoms with van der Waals surface area (Å²) in [4.78, 5) is 12.9. The summed E-state index contributed by atoms with van der Waals surface area (Å²) in [6.45, 7) is 1.84. The third-order valence-electron chi connectivity index (χ3n) is 4.68. The fourth-order valence-electron chi connectivity index (χ4n) is 2.97. The number of benzene rings is 3. The van der Waals surface area contributed by atoms with E-state index >= 15 is 0 Å². The summed E-state index contributed by atoms with van der Waals surface area (Å²) in [7, 11) is -7.83. The number of carbonyl (C=O) groups excluding carboxylic acids is 1. The van der Waals surface area contributed by atoms with Crippen molar-refractivity contribution in [1.29, 1.82) is 0 Å². The van der Waals surface area contributed by atoms with Crippen LogP contribution in [0.3, 0.4) is 0 Å². The summed E-state index contributed by atoms with van der Waals surface area (Å²) in [5, 5.41) is 7.71. The lowest BCUT2D eigenvalue weighted by Gasteiger charge is -2.19. The molecule has 1 amide bonds. The van der Waals surface area contributed by atoms with Gasteiger partial charge in [0.15, 0.2) is 0 Å². The summed E-state index contributed by atoms with van der Waals surface area (Å²) in [5.74, 6) is -0.590. The van der Waals surface area contributed by atoms with Gasteiger partial charge in [0.2, 0.25) is 26.0 Å². The number of primary sulfonamides is 1. The minimum atomic E-state index is -3.97. The van der Waals surface area contributed by atoms with E-state index in [0.29, 0.717) is 5.69 Å². The Kier molecular flexibility index (Phi) is 7.09. The molecule has 0 unspecified atom stereocenters. The molecule has 0 aliphatic rings. The summed E-state index contributed by atoms with van der Waals surface area (Å²) in [6, 6.07) is 19.5. The van der Waals surface area contributed by atoms with Crippen molar-refractivity contribution in [2.45, 2.75) is 29.2 Å². The quantitative estimate of drug-likeness (QED) is 0.461. The van der Waals surface area contributed by atoms with Crippen LogP contribution in [0.5, 0.6) is 0 Å². The number of sulfonamides is 2. The third-order valence-corrected chi connectivity index (χ3v) is 7.10. The zero-order chi connectivity index (χ0) is 23.4. The van der Waals surface area contributed by atoms with E-state index in [2.05, 4.69) is 10.0 Å². The highest BCUT2D eigenvalue weighted by atomic mass is 32.2. The summed E-state index contributed by atoms with van der Waals surface area (Å²) < 4.78 is 51.1. The molecule has 3 aromatic carbocycles. The minimum absolute atomic E-state index is 0.0477. The van der Waals surface area contributed by atoms with Gasteiger partial charge in [-0.05, 0) is 55.3 Å². The van der Waals surface area contributed by atoms with E-state index in [-0.39, 0.29) is 16.2 Å². The zero-order valence-electron chi connectivity index (χ0n) is 17.2. The molecule has 0 aromatic heterocycles. The number of rotatable bonds is 8. The Balaban J connectivity index is 1.85. The van der Waals surface area contributed by atoms with Gasteiger partial charge in [-0.1, -0.05) is 48.0 Å². The van der Waals surface area contributed by atoms with Crippen LogP contribution < -0.4 is 15.2 Å². The molecule has 3 aromatic rings. The average Bonchev–Trinajstić information content (AvgIpc) is 2.74. The molecule has 0 heterocycles. The first-order chi connectivity index (χ1) is 15.0. The zero-order valence-corrected chi connectivity index (χ0v) is 18.9. The topological polar surface area (TPSA) is 135 Å². The van der Waals surface area contributed by atoms with Gasteiger partial charge in [-0.25, -0.2) is 22.0 Å². The van der Waals surface area contributed by atoms with E-state index in [1.54, 1.807) is 36.4 Å². The number of nitrogens with two attached hydrogens (primary N) is 1. The van der Waals surface area contributed by atoms with Crippen molar-refractivity contribution in [2.24, 2.45) is 5.14 Å². The van der Waals surface area contributed by atoms with Gasteiger partial charge in [0.1, 0.15) is 6.04 Å². The van der Waals surface area contributed by atoms with E-state index in [9.17, 15) is 21.6 Å². The number of hydrogen-bond donors (Lipinski definition) is 3. The summed E-state index contributed by atoms with van der Waals surface area (Å²) in [6.07, 6.45) is 0.118. The van der Waals surface area contributed by atoms with Crippen LogP contribution in [-0.4, -0.2) is 28.8 Å². The van der Waals surface area contributed by atoms with Gasteiger partial charge >= 0.3 is 0 Å². The molecule has 1 atom stereocenters. The molecule has 0 radical (unpaired) electrons. The standard InChI is InChI=1S/C22H23N3O5S2/c1-16-7-11-20(12-8-16)32(29,30)25-21(15-17-5-3-2-4-6-17)22(26)24-18-9-13-19(14-10-18)31(23,27)28/h2-14,21,25H,15H2,1H3,(H,24,26)(H2,23,27,28)/t21-/m1/s1. The fraction of sp³-hybridized carbons (Fsp3) is 0.136. The number of nitrogens with one attached hydrogen (secondary N) is 2. The fourth-order valence-corrected chi connectivity index (χ4v) is 4.68. The second kappa shape index (κ2) is 9.61. The van der Waals surface area contributed by atoms with E-state index in [1.807, 2.05) is 13.0 Å². The SMILES string of the molecule is Cc1ccc(S(=O)(=O)N[C@H](Cc2ccccc2)C(=O)Nc2ccc(S(N)(=O)=O)cc2)cc1. The predicted octanol–water partition coefficient (Wildman–Crippen LogP) is 2.17. The minimum Gasteiger partial charge on any atom is -0.325 e. The molecule has 0 aliphatic heterocycles. The molecule has 8 nitrogen and oxygen atoms in total. The Morgan fingerprint density at radius 2 is 1.41 bits per heavy atom. The Morgan fingerprint density at radius 1 is 0.844 bits per heavy atom. The monoisotopic (exact) mass is 473 g/mol. The van der Waals surface area contributed by atoms with Crippen molar-refractivity contribution in [3.63, 3.8) is 0 Å². The van der Waals surface area contributed by atoms with Crippen LogP contribution in [0, 0.1) is 6.92 Å². The van der Waals surface area contributed by atoms with Crippen LogP contribution in [0.15, 0.2) is 88.7 Å². The lowest BCUT2D eigenvalue weighted by molar-refractivity contribution is -0.117. The number of hydrogen-bond acceptors (Lipinski definition) is 5. The van der Waals surface area contributed by atoms with Crippen LogP contribution in [-0.2, 0) is 31.3 Å². The van der Waals surface area contributed by atoms with Gasteiger partial charge < -0.3 is 5.32 Å². The molecular formula is C22H23N3O5S2. The largest absolute Gasteiger partial charge is 0.325 e. The highest BCUT2D eigenvalue weighted by Crippen LogP contribution is 2.16. The number of aryl methyl sites for hydroxylation is 1. The van der Waals surface area contributed by atoms with Gasteiger partial charge in [-0.2, -0.15) is 4.72 Å². The maximum absolute atomic E-state index is 13.0. The second-order valence-corrected chi connectivity index (χ2v) is 10.5. The van der Waals surface area contributed by atoms with Crippen molar-refractivity contribution in [1.82, 2.24) is 4.72 Å². The van der Waals surface area contributed by atoms with Gasteiger partial charge in [0.05, 0.1) is 9.79 Å². The van der Waals surface area contributed by atoms with Crippen LogP contribution in [0.25, 0.3) is 0 Å².